The van der Waals surface area contributed by atoms with Gasteiger partial charge in [0.2, 0.25) is 10.0 Å². The average Bonchev–Trinajstić information content (AvgIpc) is 3.33. The lowest BCUT2D eigenvalue weighted by atomic mass is 10.1. The Hall–Kier alpha value is -1.26. The molecule has 2 heterocycles. The SMILES string of the molecule is O=C(c1cc(S(=O)(=O)NC2CC2)ccc1Br)N1CCN(Cc2ccsc2)CC1. The molecule has 0 spiro atoms. The molecule has 1 saturated carbocycles. The molecule has 0 unspecified atom stereocenters. The second-order valence-corrected chi connectivity index (χ2v) is 10.6. The highest BCUT2D eigenvalue weighted by atomic mass is 79.9. The van der Waals surface area contributed by atoms with Crippen LogP contribution in [0.3, 0.4) is 0 Å². The standard InChI is InChI=1S/C19H22BrN3O3S2/c20-18-4-3-16(28(25,26)21-15-1-2-15)11-17(18)19(24)23-8-6-22(7-9-23)12-14-5-10-27-13-14/h3-5,10-11,13,15,21H,1-2,6-9,12H2. The Kier molecular flexibility index (Phi) is 5.89. The van der Waals surface area contributed by atoms with E-state index in [1.54, 1.807) is 22.3 Å². The van der Waals surface area contributed by atoms with Crippen LogP contribution >= 0.6 is 27.3 Å². The van der Waals surface area contributed by atoms with Crippen LogP contribution in [-0.4, -0.2) is 56.3 Å². The molecule has 2 fully saturated rings. The minimum atomic E-state index is -3.59. The van der Waals surface area contributed by atoms with Gasteiger partial charge in [0.05, 0.1) is 10.5 Å². The number of piperazine rings is 1. The zero-order valence-electron chi connectivity index (χ0n) is 15.3. The molecule has 1 aromatic heterocycles. The molecule has 0 bridgehead atoms. The quantitative estimate of drug-likeness (QED) is 0.685. The molecule has 6 nitrogen and oxygen atoms in total. The van der Waals surface area contributed by atoms with E-state index in [4.69, 9.17) is 0 Å². The monoisotopic (exact) mass is 483 g/mol. The summed E-state index contributed by atoms with van der Waals surface area (Å²) in [5, 5.41) is 4.22. The predicted molar refractivity (Wildman–Crippen MR) is 113 cm³/mol. The molecule has 2 aromatic rings. The van der Waals surface area contributed by atoms with Gasteiger partial charge in [-0.05, 0) is 69.4 Å². The van der Waals surface area contributed by atoms with Crippen molar-refractivity contribution in [2.45, 2.75) is 30.3 Å². The van der Waals surface area contributed by atoms with Crippen molar-refractivity contribution in [3.05, 3.63) is 50.6 Å². The largest absolute Gasteiger partial charge is 0.336 e. The Bertz CT molecular complexity index is 951. The van der Waals surface area contributed by atoms with Crippen LogP contribution in [0.1, 0.15) is 28.8 Å². The smallest absolute Gasteiger partial charge is 0.255 e. The lowest BCUT2D eigenvalue weighted by Gasteiger charge is -2.34. The van der Waals surface area contributed by atoms with Crippen molar-refractivity contribution in [2.75, 3.05) is 26.2 Å². The van der Waals surface area contributed by atoms with Gasteiger partial charge >= 0.3 is 0 Å². The maximum atomic E-state index is 13.0. The van der Waals surface area contributed by atoms with Gasteiger partial charge in [0.15, 0.2) is 0 Å². The van der Waals surface area contributed by atoms with E-state index in [-0.39, 0.29) is 16.8 Å². The van der Waals surface area contributed by atoms with Crippen LogP contribution in [0, 0.1) is 0 Å². The highest BCUT2D eigenvalue weighted by Gasteiger charge is 2.29. The van der Waals surface area contributed by atoms with E-state index >= 15 is 0 Å². The van der Waals surface area contributed by atoms with Gasteiger partial charge in [-0.2, -0.15) is 11.3 Å². The fourth-order valence-electron chi connectivity index (χ4n) is 3.24. The summed E-state index contributed by atoms with van der Waals surface area (Å²) < 4.78 is 28.2. The second-order valence-electron chi connectivity index (χ2n) is 7.24. The zero-order chi connectivity index (χ0) is 19.7. The molecule has 150 valence electrons. The minimum Gasteiger partial charge on any atom is -0.336 e. The first-order chi connectivity index (χ1) is 13.4. The molecule has 1 amide bonds. The number of thiophene rings is 1. The molecular formula is C19H22BrN3O3S2. The first-order valence-corrected chi connectivity index (χ1v) is 12.5. The number of nitrogens with zero attached hydrogens (tertiary/aromatic N) is 2. The fraction of sp³-hybridized carbons (Fsp3) is 0.421. The molecular weight excluding hydrogens is 462 g/mol. The average molecular weight is 484 g/mol. The first kappa shape index (κ1) is 20.0. The molecule has 28 heavy (non-hydrogen) atoms. The van der Waals surface area contributed by atoms with Gasteiger partial charge in [-0.15, -0.1) is 0 Å². The van der Waals surface area contributed by atoms with Crippen molar-refractivity contribution in [2.24, 2.45) is 0 Å². The van der Waals surface area contributed by atoms with Gasteiger partial charge in [-0.25, -0.2) is 13.1 Å². The van der Waals surface area contributed by atoms with Crippen LogP contribution < -0.4 is 4.72 Å². The third-order valence-corrected chi connectivity index (χ3v) is 7.97. The summed E-state index contributed by atoms with van der Waals surface area (Å²) in [5.74, 6) is -0.134. The van der Waals surface area contributed by atoms with Gasteiger partial charge in [0, 0.05) is 43.2 Å². The summed E-state index contributed by atoms with van der Waals surface area (Å²) in [4.78, 5) is 17.3. The van der Waals surface area contributed by atoms with Crippen LogP contribution in [0.5, 0.6) is 0 Å². The Morgan fingerprint density at radius 1 is 1.18 bits per heavy atom. The van der Waals surface area contributed by atoms with E-state index in [0.29, 0.717) is 23.1 Å². The van der Waals surface area contributed by atoms with Crippen LogP contribution in [-0.2, 0) is 16.6 Å². The molecule has 2 aliphatic rings. The number of nitrogens with one attached hydrogen (secondary N) is 1. The normalized spacial score (nSPS) is 18.4. The summed E-state index contributed by atoms with van der Waals surface area (Å²) in [6, 6.07) is 6.81. The number of amides is 1. The summed E-state index contributed by atoms with van der Waals surface area (Å²) >= 11 is 5.10. The highest BCUT2D eigenvalue weighted by Crippen LogP contribution is 2.26. The summed E-state index contributed by atoms with van der Waals surface area (Å²) in [6.07, 6.45) is 1.74. The Morgan fingerprint density at radius 3 is 2.57 bits per heavy atom. The third kappa shape index (κ3) is 4.65. The molecule has 4 rings (SSSR count). The molecule has 0 radical (unpaired) electrons. The Balaban J connectivity index is 1.43. The van der Waals surface area contributed by atoms with Crippen LogP contribution in [0.4, 0.5) is 0 Å². The lowest BCUT2D eigenvalue weighted by Crippen LogP contribution is -2.48. The summed E-state index contributed by atoms with van der Waals surface area (Å²) in [6.45, 7) is 3.77. The summed E-state index contributed by atoms with van der Waals surface area (Å²) in [7, 11) is -3.59. The molecule has 1 aromatic carbocycles. The number of hydrogen-bond donors (Lipinski definition) is 1. The van der Waals surface area contributed by atoms with E-state index in [0.717, 1.165) is 32.5 Å². The Labute approximate surface area is 177 Å². The fourth-order valence-corrected chi connectivity index (χ4v) is 5.65. The van der Waals surface area contributed by atoms with Crippen molar-refractivity contribution < 1.29 is 13.2 Å². The van der Waals surface area contributed by atoms with Gasteiger partial charge in [-0.1, -0.05) is 0 Å². The highest BCUT2D eigenvalue weighted by molar-refractivity contribution is 9.10. The van der Waals surface area contributed by atoms with E-state index in [9.17, 15) is 13.2 Å². The van der Waals surface area contributed by atoms with Crippen molar-refractivity contribution in [3.8, 4) is 0 Å². The van der Waals surface area contributed by atoms with Gasteiger partial charge in [0.25, 0.3) is 5.91 Å². The lowest BCUT2D eigenvalue weighted by molar-refractivity contribution is 0.0627. The summed E-state index contributed by atoms with van der Waals surface area (Å²) in [5.41, 5.74) is 1.69. The van der Waals surface area contributed by atoms with Crippen molar-refractivity contribution in [1.82, 2.24) is 14.5 Å². The van der Waals surface area contributed by atoms with Crippen molar-refractivity contribution in [3.63, 3.8) is 0 Å². The molecule has 1 saturated heterocycles. The maximum Gasteiger partial charge on any atom is 0.255 e. The van der Waals surface area contributed by atoms with Crippen LogP contribution in [0.15, 0.2) is 44.4 Å². The minimum absolute atomic E-state index is 0.0316. The number of carbonyl (C=O) groups excluding carboxylic acids is 1. The third-order valence-electron chi connectivity index (χ3n) is 5.02. The van der Waals surface area contributed by atoms with Crippen molar-refractivity contribution >= 4 is 43.2 Å². The second kappa shape index (κ2) is 8.23. The van der Waals surface area contributed by atoms with E-state index in [1.165, 1.54) is 17.7 Å². The molecule has 9 heteroatoms. The number of sulfonamides is 1. The topological polar surface area (TPSA) is 69.7 Å². The van der Waals surface area contributed by atoms with E-state index in [1.807, 2.05) is 0 Å². The Morgan fingerprint density at radius 2 is 1.93 bits per heavy atom. The van der Waals surface area contributed by atoms with Crippen LogP contribution in [0.2, 0.25) is 0 Å². The number of rotatable bonds is 6. The first-order valence-electron chi connectivity index (χ1n) is 9.27. The van der Waals surface area contributed by atoms with Gasteiger partial charge in [-0.3, -0.25) is 9.69 Å². The molecule has 1 N–H and O–H groups in total. The number of carbonyl (C=O) groups is 1. The van der Waals surface area contributed by atoms with E-state index < -0.39 is 10.0 Å². The van der Waals surface area contributed by atoms with Crippen LogP contribution in [0.25, 0.3) is 0 Å². The molecule has 0 atom stereocenters. The molecule has 1 aliphatic heterocycles. The van der Waals surface area contributed by atoms with Gasteiger partial charge in [0.1, 0.15) is 0 Å². The molecule has 1 aliphatic carbocycles. The van der Waals surface area contributed by atoms with Gasteiger partial charge < -0.3 is 4.90 Å². The number of benzene rings is 1. The van der Waals surface area contributed by atoms with Crippen molar-refractivity contribution in [1.29, 1.82) is 0 Å². The number of halogens is 1. The zero-order valence-corrected chi connectivity index (χ0v) is 18.5. The maximum absolute atomic E-state index is 13.0. The number of hydrogen-bond acceptors (Lipinski definition) is 5. The van der Waals surface area contributed by atoms with E-state index in [2.05, 4.69) is 42.4 Å². The predicted octanol–water partition coefficient (Wildman–Crippen LogP) is 2.91.